The van der Waals surface area contributed by atoms with Crippen LogP contribution < -0.4 is 30.0 Å². The van der Waals surface area contributed by atoms with Gasteiger partial charge in [-0.05, 0) is 83.0 Å². The lowest BCUT2D eigenvalue weighted by molar-refractivity contribution is -0.143. The fourth-order valence-electron chi connectivity index (χ4n) is 6.13. The van der Waals surface area contributed by atoms with E-state index in [-0.39, 0.29) is 64.3 Å². The number of anilines is 1. The molecule has 5 aromatic rings. The third kappa shape index (κ3) is 7.50. The van der Waals surface area contributed by atoms with E-state index in [1.807, 2.05) is 24.3 Å². The smallest absolute Gasteiger partial charge is 0.340 e. The minimum atomic E-state index is -2.00. The first-order chi connectivity index (χ1) is 27.3. The molecule has 2 aliphatic rings. The number of nitrogen functional groups attached to an aromatic ring is 1. The molecule has 298 valence electrons. The summed E-state index contributed by atoms with van der Waals surface area (Å²) >= 11 is 0. The summed E-state index contributed by atoms with van der Waals surface area (Å²) in [6, 6.07) is 17.4. The second kappa shape index (κ2) is 14.6. The molecule has 1 aromatic heterocycles. The number of nitrogens with zero attached hydrogens (tertiary/aromatic N) is 2. The summed E-state index contributed by atoms with van der Waals surface area (Å²) in [5.74, 6) is -5.68. The summed E-state index contributed by atoms with van der Waals surface area (Å²) < 4.78 is 60.3. The summed E-state index contributed by atoms with van der Waals surface area (Å²) in [7, 11) is 0. The van der Waals surface area contributed by atoms with Crippen molar-refractivity contribution in [1.29, 1.82) is 0 Å². The molecule has 3 heterocycles. The quantitative estimate of drug-likeness (QED) is 0.118. The Kier molecular flexibility index (Phi) is 9.87. The van der Waals surface area contributed by atoms with Crippen molar-refractivity contribution in [3.63, 3.8) is 0 Å². The lowest BCUT2D eigenvalue weighted by Crippen LogP contribution is -2.34. The van der Waals surface area contributed by atoms with Gasteiger partial charge in [0.05, 0.1) is 27.5 Å². The van der Waals surface area contributed by atoms with Crippen LogP contribution in [-0.2, 0) is 33.1 Å². The number of hydrogen-bond acceptors (Lipinski definition) is 12. The second-order valence-corrected chi connectivity index (χ2v) is 15.8. The molecule has 0 saturated carbocycles. The van der Waals surface area contributed by atoms with E-state index < -0.39 is 63.4 Å². The SMILES string of the molecule is CC(C)(C)C(=O)Oc1cc2c(cc1F)C1(OC(=O)c3cc(C(=O)NCc4ccc(COc5nccc(N)n5)cc4)ccc31)c1cc(F)c(OC(=O)C(C)(C)C)cc1O2. The van der Waals surface area contributed by atoms with Crippen LogP contribution in [0.4, 0.5) is 14.6 Å². The monoisotopic (exact) mass is 792 g/mol. The number of carbonyl (C=O) groups is 4. The number of esters is 3. The minimum absolute atomic E-state index is 0.0488. The molecule has 3 N–H and O–H groups in total. The number of halogens is 2. The van der Waals surface area contributed by atoms with E-state index >= 15 is 8.78 Å². The number of benzene rings is 4. The van der Waals surface area contributed by atoms with Gasteiger partial charge in [0, 0.05) is 36.0 Å². The molecule has 0 atom stereocenters. The Balaban J connectivity index is 1.20. The zero-order valence-corrected chi connectivity index (χ0v) is 32.3. The summed E-state index contributed by atoms with van der Waals surface area (Å²) in [6.45, 7) is 9.93. The molecule has 0 fully saturated rings. The highest BCUT2D eigenvalue weighted by Crippen LogP contribution is 2.58. The molecule has 1 spiro atoms. The van der Waals surface area contributed by atoms with Gasteiger partial charge in [-0.2, -0.15) is 4.98 Å². The van der Waals surface area contributed by atoms with E-state index in [2.05, 4.69) is 15.3 Å². The van der Waals surface area contributed by atoms with Crippen LogP contribution in [0.3, 0.4) is 0 Å². The molecule has 15 heteroatoms. The van der Waals surface area contributed by atoms with Crippen LogP contribution in [0.1, 0.15) is 90.1 Å². The van der Waals surface area contributed by atoms with Crippen molar-refractivity contribution in [3.8, 4) is 29.0 Å². The maximum Gasteiger partial charge on any atom is 0.340 e. The van der Waals surface area contributed by atoms with Crippen molar-refractivity contribution in [2.45, 2.75) is 60.3 Å². The molecule has 0 aliphatic carbocycles. The number of ether oxygens (including phenoxy) is 5. The topological polar surface area (TPSA) is 178 Å². The summed E-state index contributed by atoms with van der Waals surface area (Å²) in [5.41, 5.74) is 3.40. The van der Waals surface area contributed by atoms with Gasteiger partial charge in [-0.3, -0.25) is 14.4 Å². The van der Waals surface area contributed by atoms with Crippen LogP contribution in [0, 0.1) is 22.5 Å². The van der Waals surface area contributed by atoms with Gasteiger partial charge in [0.25, 0.3) is 5.91 Å². The van der Waals surface area contributed by atoms with Crippen LogP contribution in [0.15, 0.2) is 79.0 Å². The number of hydrogen-bond donors (Lipinski definition) is 2. The summed E-state index contributed by atoms with van der Waals surface area (Å²) in [4.78, 5) is 60.7. The van der Waals surface area contributed by atoms with E-state index in [1.54, 1.807) is 47.6 Å². The standard InChI is InChI=1S/C43H38F2N4O9/c1-41(2,3)38(52)56-33-18-31-27(16-29(33)44)43(28-17-30(45)34(19-32(28)55-31)57-39(53)42(4,5)6)26-12-11-24(15-25(26)37(51)58-43)36(50)48-20-22-7-9-23(10-8-22)21-54-40-47-14-13-35(46)49-40/h7-19H,20-21H2,1-6H3,(H,48,50)(H2,46,47,49). The zero-order chi connectivity index (χ0) is 41.7. The fourth-order valence-corrected chi connectivity index (χ4v) is 6.13. The van der Waals surface area contributed by atoms with E-state index in [9.17, 15) is 19.2 Å². The fraction of sp³-hybridized carbons (Fsp3) is 0.256. The van der Waals surface area contributed by atoms with Crippen LogP contribution in [0.25, 0.3) is 0 Å². The van der Waals surface area contributed by atoms with Gasteiger partial charge < -0.3 is 34.7 Å². The predicted octanol–water partition coefficient (Wildman–Crippen LogP) is 7.32. The Labute approximate surface area is 331 Å². The van der Waals surface area contributed by atoms with E-state index in [0.29, 0.717) is 0 Å². The lowest BCUT2D eigenvalue weighted by Gasteiger charge is -2.37. The van der Waals surface area contributed by atoms with E-state index in [4.69, 9.17) is 29.4 Å². The van der Waals surface area contributed by atoms with Crippen molar-refractivity contribution in [2.24, 2.45) is 10.8 Å². The van der Waals surface area contributed by atoms with Crippen molar-refractivity contribution in [1.82, 2.24) is 15.3 Å². The van der Waals surface area contributed by atoms with Gasteiger partial charge in [0.1, 0.15) is 23.9 Å². The molecule has 13 nitrogen and oxygen atoms in total. The van der Waals surface area contributed by atoms with Gasteiger partial charge in [-0.25, -0.2) is 18.6 Å². The lowest BCUT2D eigenvalue weighted by atomic mass is 9.77. The maximum absolute atomic E-state index is 15.9. The van der Waals surface area contributed by atoms with Gasteiger partial charge in [0.15, 0.2) is 28.7 Å². The average Bonchev–Trinajstić information content (AvgIpc) is 3.45. The van der Waals surface area contributed by atoms with Crippen molar-refractivity contribution >= 4 is 29.6 Å². The third-order valence-corrected chi connectivity index (χ3v) is 9.30. The van der Waals surface area contributed by atoms with Crippen LogP contribution in [0.2, 0.25) is 0 Å². The number of carbonyl (C=O) groups excluding carboxylic acids is 4. The van der Waals surface area contributed by atoms with Crippen LogP contribution in [-0.4, -0.2) is 33.8 Å². The number of aromatic nitrogens is 2. The Morgan fingerprint density at radius 1 is 0.776 bits per heavy atom. The highest BCUT2D eigenvalue weighted by atomic mass is 19.1. The number of nitrogens with one attached hydrogen (secondary N) is 1. The largest absolute Gasteiger partial charge is 0.459 e. The molecular weight excluding hydrogens is 754 g/mol. The molecule has 58 heavy (non-hydrogen) atoms. The van der Waals surface area contributed by atoms with Gasteiger partial charge >= 0.3 is 23.9 Å². The molecule has 0 bridgehead atoms. The van der Waals surface area contributed by atoms with E-state index in [1.165, 1.54) is 24.4 Å². The second-order valence-electron chi connectivity index (χ2n) is 15.8. The Morgan fingerprint density at radius 3 is 1.90 bits per heavy atom. The average molecular weight is 793 g/mol. The Bertz CT molecular complexity index is 2430. The van der Waals surface area contributed by atoms with Gasteiger partial charge in [-0.15, -0.1) is 0 Å². The van der Waals surface area contributed by atoms with Crippen molar-refractivity contribution in [3.05, 3.63) is 130 Å². The van der Waals surface area contributed by atoms with Gasteiger partial charge in [0.2, 0.25) is 0 Å². The van der Waals surface area contributed by atoms with Crippen LogP contribution >= 0.6 is 0 Å². The summed E-state index contributed by atoms with van der Waals surface area (Å²) in [5, 5.41) is 2.83. The molecule has 0 saturated heterocycles. The zero-order valence-electron chi connectivity index (χ0n) is 32.3. The highest BCUT2D eigenvalue weighted by molar-refractivity contribution is 6.01. The first-order valence-corrected chi connectivity index (χ1v) is 18.1. The first kappa shape index (κ1) is 39.3. The number of rotatable bonds is 8. The highest BCUT2D eigenvalue weighted by Gasteiger charge is 2.55. The molecular formula is C43H38F2N4O9. The molecule has 0 unspecified atom stereocenters. The molecule has 4 aromatic carbocycles. The van der Waals surface area contributed by atoms with E-state index in [0.717, 1.165) is 35.4 Å². The predicted molar refractivity (Wildman–Crippen MR) is 203 cm³/mol. The molecule has 0 radical (unpaired) electrons. The maximum atomic E-state index is 15.9. The number of amides is 1. The third-order valence-electron chi connectivity index (χ3n) is 9.30. The Morgan fingerprint density at radius 2 is 1.34 bits per heavy atom. The molecule has 7 rings (SSSR count). The van der Waals surface area contributed by atoms with Crippen LogP contribution in [0.5, 0.6) is 29.0 Å². The number of fused-ring (bicyclic) bond motifs is 6. The first-order valence-electron chi connectivity index (χ1n) is 18.1. The van der Waals surface area contributed by atoms with Crippen molar-refractivity contribution < 1.29 is 51.6 Å². The molecule has 2 aliphatic heterocycles. The minimum Gasteiger partial charge on any atom is -0.459 e. The molecule has 1 amide bonds. The van der Waals surface area contributed by atoms with Crippen molar-refractivity contribution in [2.75, 3.05) is 5.73 Å². The Hall–Kier alpha value is -6.90. The number of nitrogens with two attached hydrogens (primary N) is 1. The normalized spacial score (nSPS) is 13.7. The van der Waals surface area contributed by atoms with Gasteiger partial charge in [-0.1, -0.05) is 30.3 Å². The summed E-state index contributed by atoms with van der Waals surface area (Å²) in [6.07, 6.45) is 1.49.